The first-order valence-electron chi connectivity index (χ1n) is 7.59. The van der Waals surface area contributed by atoms with E-state index in [0.717, 1.165) is 43.5 Å². The molecule has 2 rings (SSSR count). The van der Waals surface area contributed by atoms with Crippen molar-refractivity contribution in [2.45, 2.75) is 51.9 Å². The van der Waals surface area contributed by atoms with Crippen LogP contribution in [0.25, 0.3) is 0 Å². The lowest BCUT2D eigenvalue weighted by molar-refractivity contribution is -0.134. The Morgan fingerprint density at radius 2 is 2.19 bits per heavy atom. The van der Waals surface area contributed by atoms with E-state index in [-0.39, 0.29) is 18.4 Å². The van der Waals surface area contributed by atoms with E-state index in [9.17, 15) is 9.59 Å². The highest BCUT2D eigenvalue weighted by Crippen LogP contribution is 2.17. The Morgan fingerprint density at radius 1 is 1.33 bits per heavy atom. The Bertz CT molecular complexity index is 489. The number of hydrogen-bond acceptors (Lipinski definition) is 5. The van der Waals surface area contributed by atoms with Gasteiger partial charge in [-0.25, -0.2) is 0 Å². The first-order valence-corrected chi connectivity index (χ1v) is 8.40. The van der Waals surface area contributed by atoms with Crippen LogP contribution in [-0.4, -0.2) is 40.0 Å². The molecule has 1 aliphatic rings. The van der Waals surface area contributed by atoms with Gasteiger partial charge in [-0.2, -0.15) is 0 Å². The monoisotopic (exact) mass is 310 g/mol. The quantitative estimate of drug-likeness (QED) is 0.874. The molecule has 21 heavy (non-hydrogen) atoms. The van der Waals surface area contributed by atoms with Gasteiger partial charge < -0.3 is 4.90 Å². The molecule has 1 aliphatic heterocycles. The van der Waals surface area contributed by atoms with Crippen molar-refractivity contribution >= 4 is 28.3 Å². The van der Waals surface area contributed by atoms with Gasteiger partial charge in [-0.3, -0.25) is 14.9 Å². The molecule has 0 atom stereocenters. The lowest BCUT2D eigenvalue weighted by Crippen LogP contribution is -2.37. The highest BCUT2D eigenvalue weighted by atomic mass is 32.1. The number of carbonyl (C=O) groups excluding carboxylic acids is 2. The SMILES string of the molecule is CCCCc1nnc(NC(=O)CN2CCCCCC2=O)s1. The summed E-state index contributed by atoms with van der Waals surface area (Å²) in [5.41, 5.74) is 0. The predicted octanol–water partition coefficient (Wildman–Crippen LogP) is 2.22. The van der Waals surface area contributed by atoms with Crippen molar-refractivity contribution < 1.29 is 9.59 Å². The van der Waals surface area contributed by atoms with Gasteiger partial charge in [-0.05, 0) is 19.3 Å². The molecule has 1 saturated heterocycles. The fraction of sp³-hybridized carbons (Fsp3) is 0.714. The van der Waals surface area contributed by atoms with Gasteiger partial charge in [0.15, 0.2) is 0 Å². The minimum Gasteiger partial charge on any atom is -0.333 e. The standard InChI is InChI=1S/C14H22N4O2S/c1-2-3-7-12-16-17-14(21-12)15-11(19)10-18-9-6-4-5-8-13(18)20/h2-10H2,1H3,(H,15,17,19). The van der Waals surface area contributed by atoms with Crippen LogP contribution in [0.15, 0.2) is 0 Å². The topological polar surface area (TPSA) is 75.2 Å². The Hall–Kier alpha value is -1.50. The first kappa shape index (κ1) is 15.9. The van der Waals surface area contributed by atoms with Crippen molar-refractivity contribution in [2.75, 3.05) is 18.4 Å². The van der Waals surface area contributed by atoms with Crippen molar-refractivity contribution in [1.82, 2.24) is 15.1 Å². The van der Waals surface area contributed by atoms with Crippen molar-refractivity contribution in [2.24, 2.45) is 0 Å². The molecule has 1 aromatic heterocycles. The minimum absolute atomic E-state index is 0.0727. The molecule has 0 bridgehead atoms. The van der Waals surface area contributed by atoms with Crippen LogP contribution in [0.2, 0.25) is 0 Å². The zero-order chi connectivity index (χ0) is 15.1. The van der Waals surface area contributed by atoms with Crippen LogP contribution in [0.1, 0.15) is 50.5 Å². The molecule has 0 aromatic carbocycles. The third-order valence-corrected chi connectivity index (χ3v) is 4.36. The molecule has 1 N–H and O–H groups in total. The van der Waals surface area contributed by atoms with E-state index in [0.29, 0.717) is 18.1 Å². The molecule has 0 saturated carbocycles. The van der Waals surface area contributed by atoms with Crippen LogP contribution in [0, 0.1) is 0 Å². The number of aryl methyl sites for hydroxylation is 1. The van der Waals surface area contributed by atoms with Crippen LogP contribution in [0.4, 0.5) is 5.13 Å². The predicted molar refractivity (Wildman–Crippen MR) is 82.2 cm³/mol. The zero-order valence-electron chi connectivity index (χ0n) is 12.4. The highest BCUT2D eigenvalue weighted by Gasteiger charge is 2.19. The summed E-state index contributed by atoms with van der Waals surface area (Å²) in [5.74, 6) is -0.119. The van der Waals surface area contributed by atoms with Gasteiger partial charge in [-0.15, -0.1) is 10.2 Å². The van der Waals surface area contributed by atoms with E-state index in [1.807, 2.05) is 0 Å². The Labute approximate surface area is 128 Å². The summed E-state index contributed by atoms with van der Waals surface area (Å²) < 4.78 is 0. The van der Waals surface area contributed by atoms with Gasteiger partial charge in [-0.1, -0.05) is 31.1 Å². The Morgan fingerprint density at radius 3 is 3.00 bits per heavy atom. The van der Waals surface area contributed by atoms with Gasteiger partial charge in [0.25, 0.3) is 0 Å². The molecule has 2 amide bonds. The molecule has 0 radical (unpaired) electrons. The van der Waals surface area contributed by atoms with Gasteiger partial charge in [0.1, 0.15) is 5.01 Å². The molecule has 1 aromatic rings. The van der Waals surface area contributed by atoms with Crippen LogP contribution in [0.5, 0.6) is 0 Å². The second-order valence-corrected chi connectivity index (χ2v) is 6.34. The normalized spacial score (nSPS) is 15.9. The van der Waals surface area contributed by atoms with E-state index in [4.69, 9.17) is 0 Å². The van der Waals surface area contributed by atoms with Crippen molar-refractivity contribution in [1.29, 1.82) is 0 Å². The molecular formula is C14H22N4O2S. The van der Waals surface area contributed by atoms with Crippen LogP contribution in [0.3, 0.4) is 0 Å². The molecule has 1 fully saturated rings. The molecule has 116 valence electrons. The average molecular weight is 310 g/mol. The Kier molecular flexibility index (Phi) is 6.10. The molecule has 6 nitrogen and oxygen atoms in total. The van der Waals surface area contributed by atoms with E-state index in [1.165, 1.54) is 11.3 Å². The fourth-order valence-electron chi connectivity index (χ4n) is 2.27. The van der Waals surface area contributed by atoms with E-state index in [1.54, 1.807) is 4.90 Å². The van der Waals surface area contributed by atoms with E-state index in [2.05, 4.69) is 22.4 Å². The highest BCUT2D eigenvalue weighted by molar-refractivity contribution is 7.15. The summed E-state index contributed by atoms with van der Waals surface area (Å²) >= 11 is 1.41. The molecule has 7 heteroatoms. The number of carbonyl (C=O) groups is 2. The van der Waals surface area contributed by atoms with Crippen molar-refractivity contribution in [3.05, 3.63) is 5.01 Å². The largest absolute Gasteiger partial charge is 0.333 e. The maximum Gasteiger partial charge on any atom is 0.245 e. The molecular weight excluding hydrogens is 288 g/mol. The number of unbranched alkanes of at least 4 members (excludes halogenated alkanes) is 1. The second-order valence-electron chi connectivity index (χ2n) is 5.28. The maximum absolute atomic E-state index is 12.0. The molecule has 0 unspecified atom stereocenters. The van der Waals surface area contributed by atoms with Gasteiger partial charge in [0, 0.05) is 19.4 Å². The molecule has 2 heterocycles. The van der Waals surface area contributed by atoms with Crippen LogP contribution >= 0.6 is 11.3 Å². The van der Waals surface area contributed by atoms with Crippen LogP contribution in [-0.2, 0) is 16.0 Å². The number of rotatable bonds is 6. The third-order valence-electron chi connectivity index (χ3n) is 3.46. The van der Waals surface area contributed by atoms with E-state index >= 15 is 0 Å². The zero-order valence-corrected chi connectivity index (χ0v) is 13.2. The van der Waals surface area contributed by atoms with Crippen molar-refractivity contribution in [3.63, 3.8) is 0 Å². The number of nitrogens with one attached hydrogen (secondary N) is 1. The number of amides is 2. The summed E-state index contributed by atoms with van der Waals surface area (Å²) in [7, 11) is 0. The number of aromatic nitrogens is 2. The van der Waals surface area contributed by atoms with Crippen molar-refractivity contribution in [3.8, 4) is 0 Å². The lowest BCUT2D eigenvalue weighted by atomic mass is 10.2. The van der Waals surface area contributed by atoms with Gasteiger partial charge in [0.2, 0.25) is 16.9 Å². The van der Waals surface area contributed by atoms with Crippen LogP contribution < -0.4 is 5.32 Å². The summed E-state index contributed by atoms with van der Waals surface area (Å²) in [6.45, 7) is 2.91. The summed E-state index contributed by atoms with van der Waals surface area (Å²) in [6, 6.07) is 0. The van der Waals surface area contributed by atoms with Gasteiger partial charge >= 0.3 is 0 Å². The van der Waals surface area contributed by atoms with Gasteiger partial charge in [0.05, 0.1) is 6.54 Å². The second kappa shape index (κ2) is 8.07. The molecule has 0 spiro atoms. The summed E-state index contributed by atoms with van der Waals surface area (Å²) in [4.78, 5) is 25.5. The number of hydrogen-bond donors (Lipinski definition) is 1. The molecule has 0 aliphatic carbocycles. The van der Waals surface area contributed by atoms with E-state index < -0.39 is 0 Å². The fourth-order valence-corrected chi connectivity index (χ4v) is 3.07. The summed E-state index contributed by atoms with van der Waals surface area (Å²) in [6.07, 6.45) is 6.58. The Balaban J connectivity index is 1.83. The third kappa shape index (κ3) is 5.08. The number of nitrogens with zero attached hydrogens (tertiary/aromatic N) is 3. The lowest BCUT2D eigenvalue weighted by Gasteiger charge is -2.19. The summed E-state index contributed by atoms with van der Waals surface area (Å²) in [5, 5.41) is 12.2. The maximum atomic E-state index is 12.0. The average Bonchev–Trinajstić information content (AvgIpc) is 2.80. The smallest absolute Gasteiger partial charge is 0.245 e. The number of anilines is 1. The minimum atomic E-state index is -0.191. The first-order chi connectivity index (χ1) is 10.2. The number of likely N-dealkylation sites (tertiary alicyclic amines) is 1.